The van der Waals surface area contributed by atoms with Gasteiger partial charge in [0.1, 0.15) is 0 Å². The molecule has 0 N–H and O–H groups in total. The standard InChI is InChI=1S/C13H20Br2Si/c1-16(2,3)10-12(9-14)8-11-4-6-13(15)7-5-11/h4-7,12H,8-10H2,1-3H3. The van der Waals surface area contributed by atoms with Crippen LogP contribution in [0.15, 0.2) is 28.7 Å². The van der Waals surface area contributed by atoms with E-state index in [1.807, 2.05) is 0 Å². The highest BCUT2D eigenvalue weighted by Crippen LogP contribution is 2.23. The highest BCUT2D eigenvalue weighted by atomic mass is 79.9. The average molecular weight is 364 g/mol. The molecule has 0 saturated heterocycles. The van der Waals surface area contributed by atoms with Gasteiger partial charge in [0.05, 0.1) is 0 Å². The SMILES string of the molecule is C[Si](C)(C)CC(CBr)Cc1ccc(Br)cc1. The third kappa shape index (κ3) is 5.64. The van der Waals surface area contributed by atoms with E-state index in [0.717, 1.165) is 15.7 Å². The molecule has 0 aromatic heterocycles. The Morgan fingerprint density at radius 2 is 1.69 bits per heavy atom. The number of alkyl halides is 1. The van der Waals surface area contributed by atoms with E-state index in [1.165, 1.54) is 18.0 Å². The Morgan fingerprint density at radius 3 is 2.12 bits per heavy atom. The number of hydrogen-bond acceptors (Lipinski definition) is 0. The van der Waals surface area contributed by atoms with Crippen LogP contribution in [0.4, 0.5) is 0 Å². The number of halogens is 2. The van der Waals surface area contributed by atoms with Crippen LogP contribution in [0.25, 0.3) is 0 Å². The zero-order valence-corrected chi connectivity index (χ0v) is 14.4. The number of hydrogen-bond donors (Lipinski definition) is 0. The molecule has 0 radical (unpaired) electrons. The Kier molecular flexibility index (Phi) is 5.75. The average Bonchev–Trinajstić information content (AvgIpc) is 2.18. The maximum absolute atomic E-state index is 3.65. The minimum absolute atomic E-state index is 0.785. The molecule has 1 unspecified atom stereocenters. The first-order valence-corrected chi connectivity index (χ1v) is 11.3. The van der Waals surface area contributed by atoms with Gasteiger partial charge >= 0.3 is 0 Å². The first-order chi connectivity index (χ1) is 7.40. The van der Waals surface area contributed by atoms with Crippen molar-refractivity contribution in [2.75, 3.05) is 5.33 Å². The van der Waals surface area contributed by atoms with E-state index in [2.05, 4.69) is 75.8 Å². The van der Waals surface area contributed by atoms with Crippen molar-refractivity contribution >= 4 is 39.9 Å². The van der Waals surface area contributed by atoms with Gasteiger partial charge in [0.25, 0.3) is 0 Å². The summed E-state index contributed by atoms with van der Waals surface area (Å²) in [7, 11) is -0.945. The van der Waals surface area contributed by atoms with E-state index in [0.29, 0.717) is 0 Å². The molecular weight excluding hydrogens is 344 g/mol. The molecular formula is C13H20Br2Si. The fourth-order valence-corrected chi connectivity index (χ4v) is 5.17. The second-order valence-electron chi connectivity index (χ2n) is 5.62. The summed E-state index contributed by atoms with van der Waals surface area (Å²) in [5, 5.41) is 1.12. The normalized spacial score (nSPS) is 13.8. The van der Waals surface area contributed by atoms with Gasteiger partial charge in [0, 0.05) is 17.9 Å². The predicted molar refractivity (Wildman–Crippen MR) is 83.3 cm³/mol. The van der Waals surface area contributed by atoms with E-state index in [1.54, 1.807) is 0 Å². The Morgan fingerprint density at radius 1 is 1.12 bits per heavy atom. The summed E-state index contributed by atoms with van der Waals surface area (Å²) in [4.78, 5) is 0. The molecule has 1 aromatic carbocycles. The zero-order chi connectivity index (χ0) is 12.2. The third-order valence-corrected chi connectivity index (χ3v) is 5.80. The van der Waals surface area contributed by atoms with Gasteiger partial charge in [-0.15, -0.1) is 0 Å². The van der Waals surface area contributed by atoms with E-state index in [4.69, 9.17) is 0 Å². The molecule has 0 spiro atoms. The quantitative estimate of drug-likeness (QED) is 0.489. The molecule has 1 aromatic rings. The second-order valence-corrected chi connectivity index (χ2v) is 12.7. The van der Waals surface area contributed by atoms with Crippen molar-refractivity contribution < 1.29 is 0 Å². The molecule has 0 saturated carbocycles. The second kappa shape index (κ2) is 6.36. The molecule has 0 heterocycles. The topological polar surface area (TPSA) is 0 Å². The summed E-state index contributed by atoms with van der Waals surface area (Å²) >= 11 is 7.13. The summed E-state index contributed by atoms with van der Waals surface area (Å²) in [5.74, 6) is 0.785. The number of rotatable bonds is 5. The molecule has 0 aliphatic carbocycles. The highest BCUT2D eigenvalue weighted by Gasteiger charge is 2.19. The summed E-state index contributed by atoms with van der Waals surface area (Å²) in [5.41, 5.74) is 1.45. The van der Waals surface area contributed by atoms with Crippen LogP contribution in [0.3, 0.4) is 0 Å². The van der Waals surface area contributed by atoms with E-state index in [9.17, 15) is 0 Å². The summed E-state index contributed by atoms with van der Waals surface area (Å²) in [6.45, 7) is 7.35. The van der Waals surface area contributed by atoms with Gasteiger partial charge in [-0.25, -0.2) is 0 Å². The first-order valence-electron chi connectivity index (χ1n) is 5.71. The van der Waals surface area contributed by atoms with Gasteiger partial charge in [0.15, 0.2) is 0 Å². The van der Waals surface area contributed by atoms with Crippen LogP contribution >= 0.6 is 31.9 Å². The van der Waals surface area contributed by atoms with Crippen molar-refractivity contribution in [2.45, 2.75) is 32.1 Å². The summed E-state index contributed by atoms with van der Waals surface area (Å²) in [6.07, 6.45) is 1.20. The Bertz CT molecular complexity index is 314. The van der Waals surface area contributed by atoms with Crippen LogP contribution in [0, 0.1) is 5.92 Å². The third-order valence-electron chi connectivity index (χ3n) is 2.56. The molecule has 1 atom stereocenters. The predicted octanol–water partition coefficient (Wildman–Crippen LogP) is 5.34. The van der Waals surface area contributed by atoms with Crippen LogP contribution < -0.4 is 0 Å². The molecule has 16 heavy (non-hydrogen) atoms. The lowest BCUT2D eigenvalue weighted by Crippen LogP contribution is -2.25. The van der Waals surface area contributed by atoms with Crippen LogP contribution in [0.5, 0.6) is 0 Å². The van der Waals surface area contributed by atoms with Gasteiger partial charge in [-0.1, -0.05) is 69.7 Å². The maximum atomic E-state index is 3.65. The van der Waals surface area contributed by atoms with Gasteiger partial charge in [0.2, 0.25) is 0 Å². The lowest BCUT2D eigenvalue weighted by atomic mass is 10.0. The first kappa shape index (κ1) is 14.5. The lowest BCUT2D eigenvalue weighted by molar-refractivity contribution is 0.651. The highest BCUT2D eigenvalue weighted by molar-refractivity contribution is 9.10. The molecule has 0 nitrogen and oxygen atoms in total. The van der Waals surface area contributed by atoms with Crippen molar-refractivity contribution in [1.82, 2.24) is 0 Å². The molecule has 0 aliphatic heterocycles. The van der Waals surface area contributed by atoms with Gasteiger partial charge in [-0.05, 0) is 30.0 Å². The van der Waals surface area contributed by atoms with Crippen LogP contribution in [-0.2, 0) is 6.42 Å². The van der Waals surface area contributed by atoms with E-state index in [-0.39, 0.29) is 0 Å². The van der Waals surface area contributed by atoms with E-state index >= 15 is 0 Å². The van der Waals surface area contributed by atoms with Crippen molar-refractivity contribution in [1.29, 1.82) is 0 Å². The Labute approximate surface area is 117 Å². The Hall–Kier alpha value is 0.397. The van der Waals surface area contributed by atoms with Gasteiger partial charge < -0.3 is 0 Å². The minimum Gasteiger partial charge on any atom is -0.0925 e. The monoisotopic (exact) mass is 362 g/mol. The van der Waals surface area contributed by atoms with Crippen LogP contribution in [0.1, 0.15) is 5.56 Å². The molecule has 0 aliphatic rings. The largest absolute Gasteiger partial charge is 0.0925 e. The molecule has 0 fully saturated rings. The van der Waals surface area contributed by atoms with E-state index < -0.39 is 8.07 Å². The molecule has 90 valence electrons. The van der Waals surface area contributed by atoms with Crippen molar-refractivity contribution in [3.63, 3.8) is 0 Å². The fourth-order valence-electron chi connectivity index (χ4n) is 2.00. The van der Waals surface area contributed by atoms with Crippen molar-refractivity contribution in [3.8, 4) is 0 Å². The maximum Gasteiger partial charge on any atom is 0.0445 e. The van der Waals surface area contributed by atoms with Crippen molar-refractivity contribution in [3.05, 3.63) is 34.3 Å². The van der Waals surface area contributed by atoms with Gasteiger partial charge in [-0.2, -0.15) is 0 Å². The summed E-state index contributed by atoms with van der Waals surface area (Å²) < 4.78 is 1.16. The van der Waals surface area contributed by atoms with Crippen molar-refractivity contribution in [2.24, 2.45) is 5.92 Å². The minimum atomic E-state index is -0.945. The molecule has 0 amide bonds. The lowest BCUT2D eigenvalue weighted by Gasteiger charge is -2.23. The molecule has 1 rings (SSSR count). The zero-order valence-electron chi connectivity index (χ0n) is 10.3. The molecule has 3 heteroatoms. The fraction of sp³-hybridized carbons (Fsp3) is 0.538. The number of benzene rings is 1. The smallest absolute Gasteiger partial charge is 0.0445 e. The van der Waals surface area contributed by atoms with Gasteiger partial charge in [-0.3, -0.25) is 0 Å². The van der Waals surface area contributed by atoms with Crippen LogP contribution in [-0.4, -0.2) is 13.4 Å². The summed E-state index contributed by atoms with van der Waals surface area (Å²) in [6, 6.07) is 10.1. The van der Waals surface area contributed by atoms with Crippen LogP contribution in [0.2, 0.25) is 25.7 Å². The molecule has 0 bridgehead atoms. The Balaban J connectivity index is 2.60.